The lowest BCUT2D eigenvalue weighted by molar-refractivity contribution is -0.165. The Bertz CT molecular complexity index is 1080. The van der Waals surface area contributed by atoms with E-state index in [1.807, 2.05) is 47.3 Å². The number of benzene rings is 1. The first-order valence-corrected chi connectivity index (χ1v) is 9.82. The molecule has 1 aliphatic rings. The Morgan fingerprint density at radius 3 is 2.43 bits per heavy atom. The van der Waals surface area contributed by atoms with Crippen molar-refractivity contribution >= 4 is 39.8 Å². The van der Waals surface area contributed by atoms with Crippen LogP contribution in [0.1, 0.15) is 28.5 Å². The predicted molar refractivity (Wildman–Crippen MR) is 109 cm³/mol. The number of fused-ring (bicyclic) bond motifs is 3. The smallest absolute Gasteiger partial charge is 0.327 e. The lowest BCUT2D eigenvalue weighted by Crippen LogP contribution is -2.45. The molecule has 0 bridgehead atoms. The standard InChI is InChI=1S/C22H21NO4S/c1-13-19-18(14-8-5-6-9-16(14)23(19)2)15(17-10-7-11-28-17)12-22(13,20(24)26-3)21(25)27-4/h5-11,15H,1,12H2,2-4H3/t15-/m0/s1. The van der Waals surface area contributed by atoms with Gasteiger partial charge in [-0.1, -0.05) is 30.8 Å². The summed E-state index contributed by atoms with van der Waals surface area (Å²) in [6.45, 7) is 4.20. The molecule has 0 unspecified atom stereocenters. The van der Waals surface area contributed by atoms with Crippen molar-refractivity contribution in [3.63, 3.8) is 0 Å². The number of nitrogens with zero attached hydrogens (tertiary/aromatic N) is 1. The molecule has 0 N–H and O–H groups in total. The summed E-state index contributed by atoms with van der Waals surface area (Å²) in [4.78, 5) is 27.0. The van der Waals surface area contributed by atoms with Crippen molar-refractivity contribution in [3.05, 3.63) is 64.5 Å². The molecule has 0 spiro atoms. The van der Waals surface area contributed by atoms with Crippen LogP contribution in [0.4, 0.5) is 0 Å². The molecule has 6 heteroatoms. The maximum atomic E-state index is 13.0. The van der Waals surface area contributed by atoms with Gasteiger partial charge in [-0.2, -0.15) is 0 Å². The van der Waals surface area contributed by atoms with E-state index in [-0.39, 0.29) is 12.3 Å². The monoisotopic (exact) mass is 395 g/mol. The highest BCUT2D eigenvalue weighted by Crippen LogP contribution is 2.55. The number of hydrogen-bond donors (Lipinski definition) is 0. The number of aromatic nitrogens is 1. The largest absolute Gasteiger partial charge is 0.468 e. The van der Waals surface area contributed by atoms with Gasteiger partial charge in [-0.05, 0) is 35.1 Å². The maximum Gasteiger partial charge on any atom is 0.327 e. The first-order valence-electron chi connectivity index (χ1n) is 8.94. The lowest BCUT2D eigenvalue weighted by Gasteiger charge is -2.38. The Morgan fingerprint density at radius 2 is 1.82 bits per heavy atom. The number of rotatable bonds is 3. The molecule has 144 valence electrons. The van der Waals surface area contributed by atoms with Gasteiger partial charge in [-0.15, -0.1) is 11.3 Å². The van der Waals surface area contributed by atoms with Crippen LogP contribution in [0, 0.1) is 5.41 Å². The molecule has 1 aliphatic carbocycles. The zero-order chi connectivity index (χ0) is 20.1. The molecule has 28 heavy (non-hydrogen) atoms. The average Bonchev–Trinajstić information content (AvgIpc) is 3.35. The third-order valence-corrected chi connectivity index (χ3v) is 6.75. The number of esters is 2. The minimum atomic E-state index is -1.58. The SMILES string of the molecule is C=C1c2c(c3ccccc3n2C)[C@H](c2cccs2)CC1(C(=O)OC)C(=O)OC. The van der Waals surface area contributed by atoms with E-state index in [1.54, 1.807) is 11.3 Å². The summed E-state index contributed by atoms with van der Waals surface area (Å²) in [6.07, 6.45) is 0.229. The topological polar surface area (TPSA) is 57.5 Å². The number of carbonyl (C=O) groups excluding carboxylic acids is 2. The molecule has 0 aliphatic heterocycles. The average molecular weight is 395 g/mol. The maximum absolute atomic E-state index is 13.0. The van der Waals surface area contributed by atoms with E-state index in [0.717, 1.165) is 27.0 Å². The molecule has 2 heterocycles. The Hall–Kier alpha value is -2.86. The fraction of sp³-hybridized carbons (Fsp3) is 0.273. The first kappa shape index (κ1) is 18.5. The van der Waals surface area contributed by atoms with E-state index in [1.165, 1.54) is 14.2 Å². The van der Waals surface area contributed by atoms with Crippen LogP contribution in [0.15, 0.2) is 48.4 Å². The Labute approximate surface area is 167 Å². The van der Waals surface area contributed by atoms with Gasteiger partial charge in [0.25, 0.3) is 0 Å². The van der Waals surface area contributed by atoms with Gasteiger partial charge in [-0.3, -0.25) is 9.59 Å². The second kappa shape index (κ2) is 6.63. The molecular formula is C22H21NO4S. The van der Waals surface area contributed by atoms with Gasteiger partial charge in [0.05, 0.1) is 14.2 Å². The van der Waals surface area contributed by atoms with Crippen molar-refractivity contribution in [2.75, 3.05) is 14.2 Å². The normalized spacial score (nSPS) is 18.0. The van der Waals surface area contributed by atoms with E-state index in [4.69, 9.17) is 9.47 Å². The van der Waals surface area contributed by atoms with E-state index in [2.05, 4.69) is 12.6 Å². The number of ether oxygens (including phenoxy) is 2. The number of methoxy groups -OCH3 is 2. The molecule has 4 rings (SSSR count). The molecule has 1 aromatic carbocycles. The second-order valence-electron chi connectivity index (χ2n) is 6.98. The van der Waals surface area contributed by atoms with Gasteiger partial charge < -0.3 is 14.0 Å². The third kappa shape index (κ3) is 2.31. The molecule has 3 aromatic rings. The van der Waals surface area contributed by atoms with Crippen molar-refractivity contribution in [3.8, 4) is 0 Å². The summed E-state index contributed by atoms with van der Waals surface area (Å²) in [7, 11) is 4.51. The van der Waals surface area contributed by atoms with Crippen LogP contribution in [-0.2, 0) is 26.1 Å². The number of aryl methyl sites for hydroxylation is 1. The first-order chi connectivity index (χ1) is 13.5. The summed E-state index contributed by atoms with van der Waals surface area (Å²) < 4.78 is 12.2. The van der Waals surface area contributed by atoms with Crippen molar-refractivity contribution in [1.82, 2.24) is 4.57 Å². The fourth-order valence-corrected chi connectivity index (χ4v) is 5.29. The minimum absolute atomic E-state index is 0.148. The van der Waals surface area contributed by atoms with Gasteiger partial charge in [0, 0.05) is 34.4 Å². The Kier molecular flexibility index (Phi) is 4.38. The third-order valence-electron chi connectivity index (χ3n) is 5.76. The molecule has 5 nitrogen and oxygen atoms in total. The molecule has 0 amide bonds. The van der Waals surface area contributed by atoms with Crippen LogP contribution in [-0.4, -0.2) is 30.7 Å². The van der Waals surface area contributed by atoms with Crippen molar-refractivity contribution < 1.29 is 19.1 Å². The van der Waals surface area contributed by atoms with E-state index in [0.29, 0.717) is 5.57 Å². The van der Waals surface area contributed by atoms with Crippen LogP contribution in [0.25, 0.3) is 16.5 Å². The van der Waals surface area contributed by atoms with Crippen LogP contribution in [0.3, 0.4) is 0 Å². The number of carbonyl (C=O) groups is 2. The highest BCUT2D eigenvalue weighted by Gasteiger charge is 2.57. The summed E-state index contributed by atoms with van der Waals surface area (Å²) >= 11 is 1.61. The van der Waals surface area contributed by atoms with Gasteiger partial charge >= 0.3 is 11.9 Å². The van der Waals surface area contributed by atoms with Gasteiger partial charge in [0.15, 0.2) is 5.41 Å². The predicted octanol–water partition coefficient (Wildman–Crippen LogP) is 4.12. The molecular weight excluding hydrogens is 374 g/mol. The van der Waals surface area contributed by atoms with Crippen LogP contribution >= 0.6 is 11.3 Å². The molecule has 0 radical (unpaired) electrons. The number of hydrogen-bond acceptors (Lipinski definition) is 5. The molecule has 0 saturated heterocycles. The summed E-state index contributed by atoms with van der Waals surface area (Å²) in [5.74, 6) is -1.42. The summed E-state index contributed by atoms with van der Waals surface area (Å²) in [5.41, 5.74) is 1.76. The summed E-state index contributed by atoms with van der Waals surface area (Å²) in [5, 5.41) is 3.10. The van der Waals surface area contributed by atoms with Crippen LogP contribution < -0.4 is 0 Å². The van der Waals surface area contributed by atoms with Gasteiger partial charge in [-0.25, -0.2) is 0 Å². The zero-order valence-corrected chi connectivity index (χ0v) is 16.8. The number of para-hydroxylation sites is 1. The highest BCUT2D eigenvalue weighted by molar-refractivity contribution is 7.10. The molecule has 1 atom stereocenters. The second-order valence-corrected chi connectivity index (χ2v) is 7.96. The lowest BCUT2D eigenvalue weighted by atomic mass is 9.65. The minimum Gasteiger partial charge on any atom is -0.468 e. The van der Waals surface area contributed by atoms with E-state index >= 15 is 0 Å². The van der Waals surface area contributed by atoms with Gasteiger partial charge in [0.2, 0.25) is 0 Å². The van der Waals surface area contributed by atoms with Crippen molar-refractivity contribution in [1.29, 1.82) is 0 Å². The quantitative estimate of drug-likeness (QED) is 0.494. The van der Waals surface area contributed by atoms with E-state index < -0.39 is 17.4 Å². The Morgan fingerprint density at radius 1 is 1.14 bits per heavy atom. The van der Waals surface area contributed by atoms with Crippen molar-refractivity contribution in [2.24, 2.45) is 12.5 Å². The highest BCUT2D eigenvalue weighted by atomic mass is 32.1. The molecule has 0 fully saturated rings. The van der Waals surface area contributed by atoms with E-state index in [9.17, 15) is 9.59 Å². The zero-order valence-electron chi connectivity index (χ0n) is 16.0. The van der Waals surface area contributed by atoms with Crippen LogP contribution in [0.5, 0.6) is 0 Å². The van der Waals surface area contributed by atoms with Crippen molar-refractivity contribution in [2.45, 2.75) is 12.3 Å². The molecule has 0 saturated carbocycles. The number of thiophene rings is 1. The van der Waals surface area contributed by atoms with Gasteiger partial charge in [0.1, 0.15) is 0 Å². The Balaban J connectivity index is 2.09. The fourth-order valence-electron chi connectivity index (χ4n) is 4.45. The summed E-state index contributed by atoms with van der Waals surface area (Å²) in [6, 6.07) is 12.1. The molecule has 2 aromatic heterocycles. The van der Waals surface area contributed by atoms with Crippen LogP contribution in [0.2, 0.25) is 0 Å².